The van der Waals surface area contributed by atoms with Gasteiger partial charge in [0.2, 0.25) is 0 Å². The normalized spacial score (nSPS) is 13.7. The number of rotatable bonds is 3. The molecular formula is C9H9F4NO. The molecule has 2 nitrogen and oxygen atoms in total. The Kier molecular flexibility index (Phi) is 3.52. The Morgan fingerprint density at radius 2 is 2.00 bits per heavy atom. The van der Waals surface area contributed by atoms with Gasteiger partial charge in [-0.3, -0.25) is 0 Å². The van der Waals surface area contributed by atoms with Gasteiger partial charge >= 0.3 is 6.36 Å². The van der Waals surface area contributed by atoms with Gasteiger partial charge in [-0.05, 0) is 17.7 Å². The lowest BCUT2D eigenvalue weighted by Crippen LogP contribution is -2.18. The van der Waals surface area contributed by atoms with Crippen molar-refractivity contribution in [1.29, 1.82) is 0 Å². The molecule has 0 spiro atoms. The number of ether oxygens (including phenoxy) is 1. The van der Waals surface area contributed by atoms with Gasteiger partial charge in [0.1, 0.15) is 12.4 Å². The average Bonchev–Trinajstić information content (AvgIpc) is 2.14. The van der Waals surface area contributed by atoms with Gasteiger partial charge in [0.05, 0.1) is 6.04 Å². The molecule has 0 unspecified atom stereocenters. The van der Waals surface area contributed by atoms with E-state index < -0.39 is 24.8 Å². The number of alkyl halides is 4. The molecule has 1 aromatic carbocycles. The van der Waals surface area contributed by atoms with Crippen LogP contribution in [0.1, 0.15) is 11.6 Å². The van der Waals surface area contributed by atoms with Gasteiger partial charge in [0.25, 0.3) is 0 Å². The predicted octanol–water partition coefficient (Wildman–Crippen LogP) is 2.55. The van der Waals surface area contributed by atoms with E-state index in [-0.39, 0.29) is 5.56 Å². The van der Waals surface area contributed by atoms with Crippen molar-refractivity contribution in [2.45, 2.75) is 12.4 Å². The van der Waals surface area contributed by atoms with Crippen LogP contribution in [0.5, 0.6) is 5.75 Å². The molecule has 0 aliphatic rings. The van der Waals surface area contributed by atoms with E-state index in [0.29, 0.717) is 0 Å². The van der Waals surface area contributed by atoms with Gasteiger partial charge in [-0.1, -0.05) is 12.1 Å². The summed E-state index contributed by atoms with van der Waals surface area (Å²) in [4.78, 5) is 0. The Morgan fingerprint density at radius 3 is 2.53 bits per heavy atom. The first-order valence-corrected chi connectivity index (χ1v) is 4.09. The maximum atomic E-state index is 12.2. The minimum absolute atomic E-state index is 0.263. The third-order valence-corrected chi connectivity index (χ3v) is 1.69. The molecule has 0 amide bonds. The van der Waals surface area contributed by atoms with Crippen molar-refractivity contribution in [3.63, 3.8) is 0 Å². The zero-order valence-electron chi connectivity index (χ0n) is 7.59. The Bertz CT molecular complexity index is 326. The minimum Gasteiger partial charge on any atom is -0.406 e. The largest absolute Gasteiger partial charge is 0.573 e. The minimum atomic E-state index is -4.75. The lowest BCUT2D eigenvalue weighted by atomic mass is 10.1. The molecule has 2 N–H and O–H groups in total. The second-order valence-corrected chi connectivity index (χ2v) is 2.88. The summed E-state index contributed by atoms with van der Waals surface area (Å²) in [5, 5.41) is 0. The van der Waals surface area contributed by atoms with Gasteiger partial charge in [0.15, 0.2) is 0 Å². The van der Waals surface area contributed by atoms with Crippen LogP contribution in [0, 0.1) is 0 Å². The summed E-state index contributed by atoms with van der Waals surface area (Å²) < 4.78 is 51.3. The van der Waals surface area contributed by atoms with Crippen LogP contribution in [0.15, 0.2) is 24.3 Å². The molecular weight excluding hydrogens is 214 g/mol. The average molecular weight is 223 g/mol. The molecule has 0 fully saturated rings. The quantitative estimate of drug-likeness (QED) is 0.799. The topological polar surface area (TPSA) is 35.2 Å². The Labute approximate surface area is 83.6 Å². The van der Waals surface area contributed by atoms with Gasteiger partial charge in [0, 0.05) is 0 Å². The highest BCUT2D eigenvalue weighted by atomic mass is 19.4. The van der Waals surface area contributed by atoms with Crippen LogP contribution in [0.25, 0.3) is 0 Å². The number of hydrogen-bond donors (Lipinski definition) is 1. The molecule has 1 atom stereocenters. The molecule has 0 bridgehead atoms. The maximum Gasteiger partial charge on any atom is 0.573 e. The fourth-order valence-electron chi connectivity index (χ4n) is 1.03. The zero-order chi connectivity index (χ0) is 11.5. The first-order valence-electron chi connectivity index (χ1n) is 4.09. The van der Waals surface area contributed by atoms with E-state index in [9.17, 15) is 17.6 Å². The molecule has 0 saturated heterocycles. The van der Waals surface area contributed by atoms with Crippen molar-refractivity contribution in [1.82, 2.24) is 0 Å². The van der Waals surface area contributed by atoms with Crippen LogP contribution in [0.3, 0.4) is 0 Å². The molecule has 0 aliphatic carbocycles. The van der Waals surface area contributed by atoms with E-state index in [2.05, 4.69) is 4.74 Å². The van der Waals surface area contributed by atoms with Crippen LogP contribution in [-0.4, -0.2) is 13.0 Å². The Morgan fingerprint density at radius 1 is 1.33 bits per heavy atom. The third-order valence-electron chi connectivity index (χ3n) is 1.69. The molecule has 1 aromatic rings. The fraction of sp³-hybridized carbons (Fsp3) is 0.333. The van der Waals surface area contributed by atoms with Crippen LogP contribution in [-0.2, 0) is 0 Å². The predicted molar refractivity (Wildman–Crippen MR) is 46.0 cm³/mol. The van der Waals surface area contributed by atoms with Crippen molar-refractivity contribution in [2.75, 3.05) is 6.67 Å². The fourth-order valence-corrected chi connectivity index (χ4v) is 1.03. The lowest BCUT2D eigenvalue weighted by Gasteiger charge is -2.12. The first-order chi connectivity index (χ1) is 6.92. The number of benzene rings is 1. The standard InChI is InChI=1S/C9H9F4NO/c10-5-8(14)6-2-1-3-7(4-6)15-9(11,12)13/h1-4,8H,5,14H2/t8-/m1/s1. The van der Waals surface area contributed by atoms with Gasteiger partial charge in [-0.2, -0.15) is 0 Å². The van der Waals surface area contributed by atoms with Crippen LogP contribution in [0.2, 0.25) is 0 Å². The number of nitrogens with two attached hydrogens (primary N) is 1. The number of hydrogen-bond acceptors (Lipinski definition) is 2. The molecule has 6 heteroatoms. The first kappa shape index (κ1) is 11.8. The monoisotopic (exact) mass is 223 g/mol. The molecule has 0 radical (unpaired) electrons. The zero-order valence-corrected chi connectivity index (χ0v) is 7.59. The molecule has 0 saturated carbocycles. The summed E-state index contributed by atoms with van der Waals surface area (Å²) >= 11 is 0. The lowest BCUT2D eigenvalue weighted by molar-refractivity contribution is -0.274. The smallest absolute Gasteiger partial charge is 0.406 e. The van der Waals surface area contributed by atoms with E-state index >= 15 is 0 Å². The molecule has 0 aliphatic heterocycles. The van der Waals surface area contributed by atoms with Crippen molar-refractivity contribution < 1.29 is 22.3 Å². The van der Waals surface area contributed by atoms with E-state index in [1.165, 1.54) is 12.1 Å². The SMILES string of the molecule is N[C@H](CF)c1cccc(OC(F)(F)F)c1. The highest BCUT2D eigenvalue weighted by molar-refractivity contribution is 5.30. The molecule has 84 valence electrons. The summed E-state index contributed by atoms with van der Waals surface area (Å²) in [6.45, 7) is -0.838. The van der Waals surface area contributed by atoms with Crippen molar-refractivity contribution in [2.24, 2.45) is 5.73 Å². The summed E-state index contributed by atoms with van der Waals surface area (Å²) in [7, 11) is 0. The van der Waals surface area contributed by atoms with E-state index in [0.717, 1.165) is 12.1 Å². The van der Waals surface area contributed by atoms with Gasteiger partial charge < -0.3 is 10.5 Å². The van der Waals surface area contributed by atoms with Crippen LogP contribution < -0.4 is 10.5 Å². The van der Waals surface area contributed by atoms with Crippen molar-refractivity contribution >= 4 is 0 Å². The van der Waals surface area contributed by atoms with Crippen LogP contribution >= 0.6 is 0 Å². The summed E-state index contributed by atoms with van der Waals surface area (Å²) in [6, 6.07) is 4.03. The van der Waals surface area contributed by atoms with E-state index in [1.54, 1.807) is 0 Å². The molecule has 0 heterocycles. The highest BCUT2D eigenvalue weighted by Gasteiger charge is 2.31. The summed E-state index contributed by atoms with van der Waals surface area (Å²) in [5.41, 5.74) is 5.58. The Hall–Kier alpha value is -1.30. The summed E-state index contributed by atoms with van der Waals surface area (Å²) in [6.07, 6.45) is -4.75. The van der Waals surface area contributed by atoms with Gasteiger partial charge in [-0.15, -0.1) is 13.2 Å². The van der Waals surface area contributed by atoms with E-state index in [4.69, 9.17) is 5.73 Å². The number of halogens is 4. The van der Waals surface area contributed by atoms with Crippen molar-refractivity contribution in [3.8, 4) is 5.75 Å². The van der Waals surface area contributed by atoms with E-state index in [1.807, 2.05) is 0 Å². The summed E-state index contributed by atoms with van der Waals surface area (Å²) in [5.74, 6) is -0.399. The van der Waals surface area contributed by atoms with Crippen molar-refractivity contribution in [3.05, 3.63) is 29.8 Å². The van der Waals surface area contributed by atoms with Gasteiger partial charge in [-0.25, -0.2) is 4.39 Å². The maximum absolute atomic E-state index is 12.2. The Balaban J connectivity index is 2.83. The molecule has 0 aromatic heterocycles. The molecule has 1 rings (SSSR count). The second kappa shape index (κ2) is 4.48. The highest BCUT2D eigenvalue weighted by Crippen LogP contribution is 2.24. The second-order valence-electron chi connectivity index (χ2n) is 2.88. The third kappa shape index (κ3) is 3.75. The molecule has 15 heavy (non-hydrogen) atoms. The van der Waals surface area contributed by atoms with Crippen LogP contribution in [0.4, 0.5) is 17.6 Å².